The van der Waals surface area contributed by atoms with Gasteiger partial charge in [-0.15, -0.1) is 0 Å². The second kappa shape index (κ2) is 5.64. The zero-order chi connectivity index (χ0) is 15.8. The van der Waals surface area contributed by atoms with Crippen LogP contribution in [-0.2, 0) is 11.7 Å². The lowest BCUT2D eigenvalue weighted by Gasteiger charge is -2.40. The molecule has 1 fully saturated rings. The highest BCUT2D eigenvalue weighted by Crippen LogP contribution is 2.42. The fraction of sp³-hybridized carbons (Fsp3) is 0.647. The van der Waals surface area contributed by atoms with E-state index in [1.807, 2.05) is 0 Å². The molecule has 0 heterocycles. The Morgan fingerprint density at radius 1 is 1.19 bits per heavy atom. The largest absolute Gasteiger partial charge is 0.416 e. The lowest BCUT2D eigenvalue weighted by molar-refractivity contribution is -0.137. The van der Waals surface area contributed by atoms with E-state index in [1.54, 1.807) is 13.0 Å². The highest BCUT2D eigenvalue weighted by molar-refractivity contribution is 5.37. The summed E-state index contributed by atoms with van der Waals surface area (Å²) < 4.78 is 38.2. The molecule has 2 N–H and O–H groups in total. The van der Waals surface area contributed by atoms with Crippen LogP contribution in [0.2, 0.25) is 0 Å². The first kappa shape index (κ1) is 16.3. The van der Waals surface area contributed by atoms with Crippen LogP contribution < -0.4 is 5.73 Å². The molecule has 0 bridgehead atoms. The number of halogens is 3. The minimum absolute atomic E-state index is 0.473. The average molecular weight is 299 g/mol. The Morgan fingerprint density at radius 2 is 1.76 bits per heavy atom. The van der Waals surface area contributed by atoms with E-state index >= 15 is 0 Å². The summed E-state index contributed by atoms with van der Waals surface area (Å²) in [7, 11) is 0. The molecule has 1 aliphatic rings. The van der Waals surface area contributed by atoms with E-state index in [9.17, 15) is 13.2 Å². The van der Waals surface area contributed by atoms with E-state index < -0.39 is 17.3 Å². The van der Waals surface area contributed by atoms with Crippen LogP contribution in [0.3, 0.4) is 0 Å². The highest BCUT2D eigenvalue weighted by atomic mass is 19.4. The smallest absolute Gasteiger partial charge is 0.321 e. The molecule has 0 aliphatic heterocycles. The molecule has 0 unspecified atom stereocenters. The molecular weight excluding hydrogens is 275 g/mol. The topological polar surface area (TPSA) is 26.0 Å². The first-order chi connectivity index (χ1) is 9.63. The van der Waals surface area contributed by atoms with Crippen molar-refractivity contribution in [2.24, 2.45) is 17.6 Å². The van der Waals surface area contributed by atoms with E-state index in [1.165, 1.54) is 6.07 Å². The van der Waals surface area contributed by atoms with Crippen LogP contribution in [-0.4, -0.2) is 0 Å². The number of nitrogens with two attached hydrogens (primary N) is 1. The van der Waals surface area contributed by atoms with Crippen molar-refractivity contribution in [3.63, 3.8) is 0 Å². The van der Waals surface area contributed by atoms with Gasteiger partial charge < -0.3 is 5.73 Å². The van der Waals surface area contributed by atoms with Gasteiger partial charge in [-0.25, -0.2) is 0 Å². The molecule has 0 aromatic heterocycles. The van der Waals surface area contributed by atoms with Crippen molar-refractivity contribution in [1.82, 2.24) is 0 Å². The third-order valence-corrected chi connectivity index (χ3v) is 4.96. The second-order valence-corrected chi connectivity index (χ2v) is 6.77. The van der Waals surface area contributed by atoms with Crippen LogP contribution in [0.1, 0.15) is 56.2 Å². The van der Waals surface area contributed by atoms with Gasteiger partial charge in [-0.1, -0.05) is 19.9 Å². The van der Waals surface area contributed by atoms with E-state index in [0.29, 0.717) is 17.4 Å². The van der Waals surface area contributed by atoms with Gasteiger partial charge in [-0.05, 0) is 67.7 Å². The standard InChI is InChI=1S/C17H24F3N/c1-11(2)13-6-8-16(21,9-7-13)15-5-4-14(10-12(15)3)17(18,19)20/h4-5,10-11,13H,6-9,21H2,1-3H3. The first-order valence-electron chi connectivity index (χ1n) is 7.61. The molecule has 21 heavy (non-hydrogen) atoms. The van der Waals surface area contributed by atoms with E-state index in [4.69, 9.17) is 5.73 Å². The molecule has 1 aromatic rings. The lowest BCUT2D eigenvalue weighted by atomic mass is 9.69. The Balaban J connectivity index is 2.23. The van der Waals surface area contributed by atoms with Crippen molar-refractivity contribution in [2.75, 3.05) is 0 Å². The summed E-state index contributed by atoms with van der Waals surface area (Å²) in [4.78, 5) is 0. The maximum absolute atomic E-state index is 12.7. The summed E-state index contributed by atoms with van der Waals surface area (Å²) in [6, 6.07) is 3.96. The third kappa shape index (κ3) is 3.42. The van der Waals surface area contributed by atoms with E-state index in [-0.39, 0.29) is 0 Å². The highest BCUT2D eigenvalue weighted by Gasteiger charge is 2.36. The molecule has 4 heteroatoms. The Bertz CT molecular complexity index is 497. The summed E-state index contributed by atoms with van der Waals surface area (Å²) in [5, 5.41) is 0. The summed E-state index contributed by atoms with van der Waals surface area (Å²) in [6.45, 7) is 6.17. The molecule has 118 valence electrons. The van der Waals surface area contributed by atoms with E-state index in [0.717, 1.165) is 37.3 Å². The zero-order valence-corrected chi connectivity index (χ0v) is 12.9. The molecule has 2 rings (SSSR count). The molecule has 0 spiro atoms. The van der Waals surface area contributed by atoms with Crippen molar-refractivity contribution in [1.29, 1.82) is 0 Å². The molecule has 1 aromatic carbocycles. The minimum atomic E-state index is -4.29. The van der Waals surface area contributed by atoms with Gasteiger partial charge in [0, 0.05) is 5.54 Å². The first-order valence-corrected chi connectivity index (χ1v) is 7.61. The number of aryl methyl sites for hydroxylation is 1. The van der Waals surface area contributed by atoms with Gasteiger partial charge in [0.15, 0.2) is 0 Å². The van der Waals surface area contributed by atoms with Crippen LogP contribution in [0.15, 0.2) is 18.2 Å². The maximum Gasteiger partial charge on any atom is 0.416 e. The SMILES string of the molecule is Cc1cc(C(F)(F)F)ccc1C1(N)CCC(C(C)C)CC1. The van der Waals surface area contributed by atoms with Crippen molar-refractivity contribution >= 4 is 0 Å². The molecule has 1 aliphatic carbocycles. The van der Waals surface area contributed by atoms with Gasteiger partial charge in [0.05, 0.1) is 5.56 Å². The van der Waals surface area contributed by atoms with Gasteiger partial charge in [0.25, 0.3) is 0 Å². The summed E-state index contributed by atoms with van der Waals surface area (Å²) in [5.74, 6) is 1.32. The van der Waals surface area contributed by atoms with Crippen LogP contribution >= 0.6 is 0 Å². The second-order valence-electron chi connectivity index (χ2n) is 6.77. The number of benzene rings is 1. The van der Waals surface area contributed by atoms with Crippen LogP contribution in [0, 0.1) is 18.8 Å². The molecule has 1 saturated carbocycles. The maximum atomic E-state index is 12.7. The molecular formula is C17H24F3N. The van der Waals surface area contributed by atoms with Crippen LogP contribution in [0.4, 0.5) is 13.2 Å². The third-order valence-electron chi connectivity index (χ3n) is 4.96. The normalized spacial score (nSPS) is 27.1. The van der Waals surface area contributed by atoms with Gasteiger partial charge in [-0.3, -0.25) is 0 Å². The molecule has 0 atom stereocenters. The summed E-state index contributed by atoms with van der Waals surface area (Å²) in [6.07, 6.45) is -0.492. The fourth-order valence-electron chi connectivity index (χ4n) is 3.49. The number of alkyl halides is 3. The molecule has 0 amide bonds. The zero-order valence-electron chi connectivity index (χ0n) is 12.9. The van der Waals surface area contributed by atoms with Gasteiger partial charge in [-0.2, -0.15) is 13.2 Å². The van der Waals surface area contributed by atoms with Crippen molar-refractivity contribution < 1.29 is 13.2 Å². The average Bonchev–Trinajstić information content (AvgIpc) is 2.37. The molecule has 1 nitrogen and oxygen atoms in total. The Kier molecular flexibility index (Phi) is 4.39. The van der Waals surface area contributed by atoms with Gasteiger partial charge >= 0.3 is 6.18 Å². The Labute approximate surface area is 124 Å². The summed E-state index contributed by atoms with van der Waals surface area (Å²) >= 11 is 0. The minimum Gasteiger partial charge on any atom is -0.321 e. The van der Waals surface area contributed by atoms with E-state index in [2.05, 4.69) is 13.8 Å². The van der Waals surface area contributed by atoms with Crippen LogP contribution in [0.25, 0.3) is 0 Å². The lowest BCUT2D eigenvalue weighted by Crippen LogP contribution is -2.41. The van der Waals surface area contributed by atoms with Crippen molar-refractivity contribution in [3.8, 4) is 0 Å². The molecule has 0 radical (unpaired) electrons. The van der Waals surface area contributed by atoms with Gasteiger partial charge in [0.2, 0.25) is 0 Å². The monoisotopic (exact) mass is 299 g/mol. The quantitative estimate of drug-likeness (QED) is 0.815. The van der Waals surface area contributed by atoms with Crippen molar-refractivity contribution in [3.05, 3.63) is 34.9 Å². The Morgan fingerprint density at radius 3 is 2.19 bits per heavy atom. The predicted octanol–water partition coefficient (Wildman–Crippen LogP) is 5.01. The number of rotatable bonds is 2. The number of hydrogen-bond donors (Lipinski definition) is 1. The Hall–Kier alpha value is -1.03. The summed E-state index contributed by atoms with van der Waals surface area (Å²) in [5.41, 5.74) is 6.98. The van der Waals surface area contributed by atoms with Gasteiger partial charge in [0.1, 0.15) is 0 Å². The predicted molar refractivity (Wildman–Crippen MR) is 78.8 cm³/mol. The molecule has 0 saturated heterocycles. The van der Waals surface area contributed by atoms with Crippen LogP contribution in [0.5, 0.6) is 0 Å². The number of hydrogen-bond acceptors (Lipinski definition) is 1. The van der Waals surface area contributed by atoms with Crippen molar-refractivity contribution in [2.45, 2.75) is 58.2 Å². The fourth-order valence-corrected chi connectivity index (χ4v) is 3.49.